The van der Waals surface area contributed by atoms with Gasteiger partial charge in [0.1, 0.15) is 4.88 Å². The standard InChI is InChI=1S/C19H19N5OS/c1-13-11-23(2)14-6-3-4-7-15(14)24(12-13)19(25)16-10-22-18(26-16)17-20-8-5-9-21-17/h3-10,13H,11-12H2,1-2H3/t13-/m1/s1. The minimum absolute atomic E-state index is 0.0284. The Hall–Kier alpha value is -2.80. The molecule has 1 amide bonds. The van der Waals surface area contributed by atoms with Crippen molar-refractivity contribution in [1.82, 2.24) is 15.0 Å². The number of carbonyl (C=O) groups is 1. The van der Waals surface area contributed by atoms with Gasteiger partial charge in [-0.1, -0.05) is 19.1 Å². The quantitative estimate of drug-likeness (QED) is 0.697. The van der Waals surface area contributed by atoms with Gasteiger partial charge in [-0.2, -0.15) is 0 Å². The van der Waals surface area contributed by atoms with Crippen LogP contribution in [0.15, 0.2) is 48.9 Å². The van der Waals surface area contributed by atoms with Crippen molar-refractivity contribution in [3.8, 4) is 10.8 Å². The second-order valence-corrected chi connectivity index (χ2v) is 7.52. The van der Waals surface area contributed by atoms with Crippen LogP contribution in [-0.2, 0) is 0 Å². The molecule has 1 atom stereocenters. The second kappa shape index (κ2) is 6.84. The number of hydrogen-bond acceptors (Lipinski definition) is 6. The molecule has 6 nitrogen and oxygen atoms in total. The monoisotopic (exact) mass is 365 g/mol. The summed E-state index contributed by atoms with van der Waals surface area (Å²) in [5.74, 6) is 0.876. The van der Waals surface area contributed by atoms with E-state index in [2.05, 4.69) is 39.9 Å². The molecule has 0 fully saturated rings. The third-order valence-corrected chi connectivity index (χ3v) is 5.36. The van der Waals surface area contributed by atoms with Gasteiger partial charge in [0.15, 0.2) is 10.8 Å². The molecule has 26 heavy (non-hydrogen) atoms. The number of aromatic nitrogens is 3. The first-order valence-corrected chi connectivity index (χ1v) is 9.30. The molecule has 0 saturated carbocycles. The lowest BCUT2D eigenvalue weighted by molar-refractivity contribution is 0.0988. The zero-order valence-electron chi connectivity index (χ0n) is 14.7. The smallest absolute Gasteiger partial charge is 0.270 e. The van der Waals surface area contributed by atoms with Crippen LogP contribution in [-0.4, -0.2) is 41.0 Å². The summed E-state index contributed by atoms with van der Waals surface area (Å²) in [6, 6.07) is 9.80. The molecule has 0 N–H and O–H groups in total. The van der Waals surface area contributed by atoms with Crippen LogP contribution in [0.3, 0.4) is 0 Å². The molecule has 132 valence electrons. The molecule has 0 unspecified atom stereocenters. The predicted octanol–water partition coefficient (Wildman–Crippen LogP) is 3.33. The number of amides is 1. The number of nitrogens with zero attached hydrogens (tertiary/aromatic N) is 5. The van der Waals surface area contributed by atoms with Gasteiger partial charge >= 0.3 is 0 Å². The van der Waals surface area contributed by atoms with Crippen molar-refractivity contribution in [1.29, 1.82) is 0 Å². The van der Waals surface area contributed by atoms with Crippen LogP contribution in [0.2, 0.25) is 0 Å². The van der Waals surface area contributed by atoms with E-state index >= 15 is 0 Å². The van der Waals surface area contributed by atoms with E-state index in [1.165, 1.54) is 11.3 Å². The van der Waals surface area contributed by atoms with Crippen molar-refractivity contribution in [2.75, 3.05) is 29.9 Å². The first kappa shape index (κ1) is 16.7. The van der Waals surface area contributed by atoms with E-state index in [0.717, 1.165) is 17.9 Å². The van der Waals surface area contributed by atoms with Gasteiger partial charge in [-0.05, 0) is 24.1 Å². The number of para-hydroxylation sites is 2. The van der Waals surface area contributed by atoms with Gasteiger partial charge in [-0.25, -0.2) is 15.0 Å². The molecule has 1 aromatic carbocycles. The number of hydrogen-bond donors (Lipinski definition) is 0. The van der Waals surface area contributed by atoms with Gasteiger partial charge in [0.25, 0.3) is 5.91 Å². The van der Waals surface area contributed by atoms with Gasteiger partial charge in [0, 0.05) is 32.5 Å². The van der Waals surface area contributed by atoms with Crippen LogP contribution in [0.25, 0.3) is 10.8 Å². The summed E-state index contributed by atoms with van der Waals surface area (Å²) in [5, 5.41) is 0.655. The van der Waals surface area contributed by atoms with Crippen LogP contribution in [0.4, 0.5) is 11.4 Å². The predicted molar refractivity (Wildman–Crippen MR) is 104 cm³/mol. The summed E-state index contributed by atoms with van der Waals surface area (Å²) in [5.41, 5.74) is 2.01. The maximum atomic E-state index is 13.2. The van der Waals surface area contributed by atoms with Crippen LogP contribution in [0.5, 0.6) is 0 Å². The summed E-state index contributed by atoms with van der Waals surface area (Å²) in [6.07, 6.45) is 4.97. The Bertz CT molecular complexity index is 926. The fourth-order valence-corrected chi connectivity index (χ4v) is 4.07. The maximum absolute atomic E-state index is 13.2. The molecule has 4 rings (SSSR count). The van der Waals surface area contributed by atoms with Gasteiger partial charge in [0.05, 0.1) is 17.6 Å². The molecule has 0 aliphatic carbocycles. The van der Waals surface area contributed by atoms with Gasteiger partial charge in [-0.3, -0.25) is 4.79 Å². The topological polar surface area (TPSA) is 62.2 Å². The number of benzene rings is 1. The van der Waals surface area contributed by atoms with E-state index < -0.39 is 0 Å². The minimum Gasteiger partial charge on any atom is -0.373 e. The molecule has 0 radical (unpaired) electrons. The molecule has 3 aromatic rings. The van der Waals surface area contributed by atoms with Crippen molar-refractivity contribution in [3.63, 3.8) is 0 Å². The SMILES string of the molecule is C[C@@H]1CN(C)c2ccccc2N(C(=O)c2cnc(-c3ncccn3)s2)C1. The number of fused-ring (bicyclic) bond motifs is 1. The molecule has 1 aliphatic rings. The number of thiazole rings is 1. The highest BCUT2D eigenvalue weighted by Gasteiger charge is 2.28. The number of anilines is 2. The van der Waals surface area contributed by atoms with E-state index in [9.17, 15) is 4.79 Å². The molecular weight excluding hydrogens is 346 g/mol. The van der Waals surface area contributed by atoms with Gasteiger partial charge < -0.3 is 9.80 Å². The van der Waals surface area contributed by atoms with Crippen molar-refractivity contribution in [2.24, 2.45) is 5.92 Å². The Morgan fingerprint density at radius 3 is 2.58 bits per heavy atom. The lowest BCUT2D eigenvalue weighted by Gasteiger charge is -2.23. The lowest BCUT2D eigenvalue weighted by Crippen LogP contribution is -2.34. The third-order valence-electron chi connectivity index (χ3n) is 4.38. The highest BCUT2D eigenvalue weighted by atomic mass is 32.1. The van der Waals surface area contributed by atoms with Crippen LogP contribution in [0.1, 0.15) is 16.6 Å². The highest BCUT2D eigenvalue weighted by Crippen LogP contribution is 2.34. The highest BCUT2D eigenvalue weighted by molar-refractivity contribution is 7.16. The van der Waals surface area contributed by atoms with Crippen molar-refractivity contribution >= 4 is 28.6 Å². The Morgan fingerprint density at radius 2 is 1.81 bits per heavy atom. The van der Waals surface area contributed by atoms with Gasteiger partial charge in [0.2, 0.25) is 0 Å². The zero-order chi connectivity index (χ0) is 18.1. The summed E-state index contributed by atoms with van der Waals surface area (Å²) in [4.78, 5) is 30.7. The van der Waals surface area contributed by atoms with Crippen molar-refractivity contribution in [2.45, 2.75) is 6.92 Å². The Labute approximate surface area is 156 Å². The summed E-state index contributed by atoms with van der Waals surface area (Å²) < 4.78 is 0. The largest absolute Gasteiger partial charge is 0.373 e. The molecule has 1 aliphatic heterocycles. The van der Waals surface area contributed by atoms with E-state index in [1.54, 1.807) is 24.7 Å². The second-order valence-electron chi connectivity index (χ2n) is 6.49. The van der Waals surface area contributed by atoms with Crippen molar-refractivity contribution in [3.05, 3.63) is 53.8 Å². The first-order valence-electron chi connectivity index (χ1n) is 8.48. The summed E-state index contributed by atoms with van der Waals surface area (Å²) in [7, 11) is 2.07. The number of rotatable bonds is 2. The summed E-state index contributed by atoms with van der Waals surface area (Å²) >= 11 is 1.33. The maximum Gasteiger partial charge on any atom is 0.270 e. The molecule has 0 bridgehead atoms. The molecule has 0 saturated heterocycles. The zero-order valence-corrected chi connectivity index (χ0v) is 15.5. The minimum atomic E-state index is -0.0284. The third kappa shape index (κ3) is 3.06. The van der Waals surface area contributed by atoms with E-state index in [1.807, 2.05) is 23.1 Å². The normalized spacial score (nSPS) is 16.9. The molecule has 7 heteroatoms. The molecule has 0 spiro atoms. The van der Waals surface area contributed by atoms with E-state index in [-0.39, 0.29) is 5.91 Å². The van der Waals surface area contributed by atoms with E-state index in [4.69, 9.17) is 0 Å². The van der Waals surface area contributed by atoms with Gasteiger partial charge in [-0.15, -0.1) is 11.3 Å². The molecule has 2 aromatic heterocycles. The molecular formula is C19H19N5OS. The fraction of sp³-hybridized carbons (Fsp3) is 0.263. The van der Waals surface area contributed by atoms with Crippen LogP contribution >= 0.6 is 11.3 Å². The van der Waals surface area contributed by atoms with E-state index in [0.29, 0.717) is 28.2 Å². The average Bonchev–Trinajstić information content (AvgIpc) is 3.12. The Balaban J connectivity index is 1.69. The number of carbonyl (C=O) groups excluding carboxylic acids is 1. The lowest BCUT2D eigenvalue weighted by atomic mass is 10.1. The van der Waals surface area contributed by atoms with Crippen LogP contribution < -0.4 is 9.80 Å². The Kier molecular flexibility index (Phi) is 4.38. The van der Waals surface area contributed by atoms with Crippen molar-refractivity contribution < 1.29 is 4.79 Å². The van der Waals surface area contributed by atoms with Crippen LogP contribution in [0, 0.1) is 5.92 Å². The average molecular weight is 365 g/mol. The fourth-order valence-electron chi connectivity index (χ4n) is 3.26. The Morgan fingerprint density at radius 1 is 1.08 bits per heavy atom. The first-order chi connectivity index (χ1) is 12.6. The summed E-state index contributed by atoms with van der Waals surface area (Å²) in [6.45, 7) is 3.75. The molecule has 3 heterocycles.